The third kappa shape index (κ3) is 6.60. The Morgan fingerprint density at radius 3 is 1.78 bits per heavy atom. The molecule has 0 radical (unpaired) electrons. The standard InChI is InChI=1S/C38H39N3O4S/c1-43-32-18-14-29(15-19-32)26-40-22-23-41(27-30-16-20-33(44-2)21-17-30)38(40)34(24-28-10-6-4-7-11-28)35(25-36(42)45-3)46-37(38)39-31-12-8-5-9-13-31/h4-21,25,34H,22-24,26-27H2,1-3H3/b35-25-,39-37?. The Kier molecular flexibility index (Phi) is 9.88. The summed E-state index contributed by atoms with van der Waals surface area (Å²) >= 11 is 1.60. The topological polar surface area (TPSA) is 63.6 Å². The maximum atomic E-state index is 12.9. The van der Waals surface area contributed by atoms with Gasteiger partial charge in [0.2, 0.25) is 0 Å². The van der Waals surface area contributed by atoms with E-state index in [9.17, 15) is 4.79 Å². The van der Waals surface area contributed by atoms with Crippen LogP contribution in [0.5, 0.6) is 11.5 Å². The van der Waals surface area contributed by atoms with Crippen LogP contribution in [0.25, 0.3) is 0 Å². The highest BCUT2D eigenvalue weighted by atomic mass is 32.2. The number of carbonyl (C=O) groups excluding carboxylic acids is 1. The van der Waals surface area contributed by atoms with E-state index in [1.54, 1.807) is 32.1 Å². The molecule has 2 aliphatic heterocycles. The van der Waals surface area contributed by atoms with Gasteiger partial charge in [0.25, 0.3) is 0 Å². The fourth-order valence-corrected chi connectivity index (χ4v) is 7.99. The molecular weight excluding hydrogens is 595 g/mol. The summed E-state index contributed by atoms with van der Waals surface area (Å²) in [6.07, 6.45) is 2.39. The van der Waals surface area contributed by atoms with Gasteiger partial charge in [0.05, 0.1) is 27.0 Å². The second-order valence-electron chi connectivity index (χ2n) is 11.4. The normalized spacial score (nSPS) is 19.6. The Labute approximate surface area is 275 Å². The van der Waals surface area contributed by atoms with Crippen LogP contribution in [0.3, 0.4) is 0 Å². The molecule has 0 saturated carbocycles. The van der Waals surface area contributed by atoms with E-state index in [4.69, 9.17) is 19.2 Å². The van der Waals surface area contributed by atoms with Gasteiger partial charge in [-0.1, -0.05) is 84.6 Å². The molecule has 2 aliphatic rings. The van der Waals surface area contributed by atoms with Crippen molar-refractivity contribution in [2.45, 2.75) is 25.2 Å². The summed E-state index contributed by atoms with van der Waals surface area (Å²) in [6.45, 7) is 3.06. The van der Waals surface area contributed by atoms with E-state index in [0.29, 0.717) is 13.1 Å². The quantitative estimate of drug-likeness (QED) is 0.136. The van der Waals surface area contributed by atoms with Crippen molar-refractivity contribution in [1.29, 1.82) is 0 Å². The molecule has 0 aliphatic carbocycles. The first-order valence-corrected chi connectivity index (χ1v) is 16.3. The number of ether oxygens (including phenoxy) is 3. The number of benzene rings is 4. The molecule has 2 fully saturated rings. The predicted molar refractivity (Wildman–Crippen MR) is 184 cm³/mol. The molecule has 6 rings (SSSR count). The molecular formula is C38H39N3O4S. The van der Waals surface area contributed by atoms with Gasteiger partial charge in [0.15, 0.2) is 0 Å². The van der Waals surface area contributed by atoms with Crippen molar-refractivity contribution in [3.63, 3.8) is 0 Å². The van der Waals surface area contributed by atoms with Gasteiger partial charge >= 0.3 is 5.97 Å². The third-order valence-corrected chi connectivity index (χ3v) is 9.98. The number of aliphatic imine (C=N–C) groups is 1. The minimum Gasteiger partial charge on any atom is -0.497 e. The highest BCUT2D eigenvalue weighted by Gasteiger charge is 2.61. The summed E-state index contributed by atoms with van der Waals surface area (Å²) in [6, 6.07) is 37.2. The number of hydrogen-bond acceptors (Lipinski definition) is 8. The van der Waals surface area contributed by atoms with Crippen molar-refractivity contribution in [2.75, 3.05) is 34.4 Å². The highest BCUT2D eigenvalue weighted by Crippen LogP contribution is 2.55. The summed E-state index contributed by atoms with van der Waals surface area (Å²) in [5.74, 6) is 1.20. The molecule has 4 aromatic carbocycles. The van der Waals surface area contributed by atoms with Crippen molar-refractivity contribution < 1.29 is 19.0 Å². The molecule has 46 heavy (non-hydrogen) atoms. The van der Waals surface area contributed by atoms with Crippen molar-refractivity contribution in [3.8, 4) is 11.5 Å². The first kappa shape index (κ1) is 31.6. The molecule has 7 nitrogen and oxygen atoms in total. The molecule has 2 heterocycles. The number of methoxy groups -OCH3 is 3. The van der Waals surface area contributed by atoms with E-state index >= 15 is 0 Å². The van der Waals surface area contributed by atoms with Crippen molar-refractivity contribution in [2.24, 2.45) is 10.9 Å². The van der Waals surface area contributed by atoms with Crippen molar-refractivity contribution in [3.05, 3.63) is 137 Å². The van der Waals surface area contributed by atoms with Crippen LogP contribution in [0.15, 0.2) is 125 Å². The predicted octanol–water partition coefficient (Wildman–Crippen LogP) is 7.11. The number of thioether (sulfide) groups is 1. The van der Waals surface area contributed by atoms with Crippen LogP contribution >= 0.6 is 11.8 Å². The summed E-state index contributed by atoms with van der Waals surface area (Å²) in [7, 11) is 4.81. The summed E-state index contributed by atoms with van der Waals surface area (Å²) in [5.41, 5.74) is 3.79. The van der Waals surface area contributed by atoms with E-state index in [2.05, 4.69) is 58.3 Å². The van der Waals surface area contributed by atoms with Gasteiger partial charge in [-0.15, -0.1) is 0 Å². The van der Waals surface area contributed by atoms with E-state index in [0.717, 1.165) is 46.6 Å². The minimum absolute atomic E-state index is 0.0968. The molecule has 0 bridgehead atoms. The molecule has 236 valence electrons. The summed E-state index contributed by atoms with van der Waals surface area (Å²) in [5, 5.41) is 0.953. The van der Waals surface area contributed by atoms with E-state index in [-0.39, 0.29) is 11.9 Å². The van der Waals surface area contributed by atoms with Crippen LogP contribution in [0.2, 0.25) is 0 Å². The summed E-state index contributed by atoms with van der Waals surface area (Å²) < 4.78 is 16.1. The molecule has 1 spiro atoms. The van der Waals surface area contributed by atoms with Crippen LogP contribution < -0.4 is 9.47 Å². The molecule has 0 amide bonds. The number of rotatable bonds is 10. The van der Waals surface area contributed by atoms with Crippen LogP contribution in [0.4, 0.5) is 5.69 Å². The zero-order valence-electron chi connectivity index (χ0n) is 26.5. The maximum absolute atomic E-state index is 12.9. The van der Waals surface area contributed by atoms with Crippen molar-refractivity contribution in [1.82, 2.24) is 9.80 Å². The number of hydrogen-bond donors (Lipinski definition) is 0. The smallest absolute Gasteiger partial charge is 0.331 e. The fraction of sp³-hybridized carbons (Fsp3) is 0.263. The zero-order chi connectivity index (χ0) is 31.9. The van der Waals surface area contributed by atoms with Gasteiger partial charge in [0, 0.05) is 43.1 Å². The number of carbonyl (C=O) groups is 1. The lowest BCUT2D eigenvalue weighted by atomic mass is 9.84. The van der Waals surface area contributed by atoms with Gasteiger partial charge in [-0.2, -0.15) is 0 Å². The first-order chi connectivity index (χ1) is 22.5. The lowest BCUT2D eigenvalue weighted by Crippen LogP contribution is -2.60. The van der Waals surface area contributed by atoms with Gasteiger partial charge in [0.1, 0.15) is 22.2 Å². The van der Waals surface area contributed by atoms with Crippen LogP contribution in [-0.4, -0.2) is 60.9 Å². The SMILES string of the molecule is COC(=O)/C=C1\SC(=Nc2ccccc2)C2(C1Cc1ccccc1)N(Cc1ccc(OC)cc1)CCN2Cc1ccc(OC)cc1. The van der Waals surface area contributed by atoms with E-state index in [1.807, 2.05) is 60.7 Å². The van der Waals surface area contributed by atoms with Crippen molar-refractivity contribution >= 4 is 28.5 Å². The van der Waals surface area contributed by atoms with E-state index < -0.39 is 5.66 Å². The molecule has 1 atom stereocenters. The lowest BCUT2D eigenvalue weighted by Gasteiger charge is -2.45. The Morgan fingerprint density at radius 1 is 0.761 bits per heavy atom. The molecule has 1 unspecified atom stereocenters. The molecule has 4 aromatic rings. The summed E-state index contributed by atoms with van der Waals surface area (Å²) in [4.78, 5) is 24.3. The zero-order valence-corrected chi connectivity index (χ0v) is 27.3. The number of para-hydroxylation sites is 1. The second-order valence-corrected chi connectivity index (χ2v) is 12.5. The average molecular weight is 634 g/mol. The van der Waals surface area contributed by atoms with Crippen LogP contribution in [0, 0.1) is 5.92 Å². The van der Waals surface area contributed by atoms with Crippen LogP contribution in [-0.2, 0) is 29.0 Å². The Hall–Kier alpha value is -4.37. The Balaban J connectivity index is 1.54. The average Bonchev–Trinajstić information content (AvgIpc) is 3.59. The van der Waals surface area contributed by atoms with Gasteiger partial charge in [-0.3, -0.25) is 9.80 Å². The Bertz CT molecular complexity index is 1620. The van der Waals surface area contributed by atoms with Gasteiger partial charge < -0.3 is 14.2 Å². The molecule has 2 saturated heterocycles. The number of nitrogens with zero attached hydrogens (tertiary/aromatic N) is 3. The molecule has 0 N–H and O–H groups in total. The Morgan fingerprint density at radius 2 is 1.28 bits per heavy atom. The number of esters is 1. The fourth-order valence-electron chi connectivity index (χ4n) is 6.52. The monoisotopic (exact) mass is 633 g/mol. The largest absolute Gasteiger partial charge is 0.497 e. The molecule has 8 heteroatoms. The van der Waals surface area contributed by atoms with Gasteiger partial charge in [-0.05, 0) is 59.5 Å². The maximum Gasteiger partial charge on any atom is 0.331 e. The molecule has 0 aromatic heterocycles. The lowest BCUT2D eigenvalue weighted by molar-refractivity contribution is -0.134. The highest BCUT2D eigenvalue weighted by molar-refractivity contribution is 8.18. The van der Waals surface area contributed by atoms with E-state index in [1.165, 1.54) is 23.8 Å². The second kappa shape index (κ2) is 14.4. The third-order valence-electron chi connectivity index (χ3n) is 8.76. The van der Waals surface area contributed by atoms with Crippen LogP contribution in [0.1, 0.15) is 16.7 Å². The minimum atomic E-state index is -0.643. The van der Waals surface area contributed by atoms with Gasteiger partial charge in [-0.25, -0.2) is 9.79 Å². The first-order valence-electron chi connectivity index (χ1n) is 15.4.